The van der Waals surface area contributed by atoms with Gasteiger partial charge in [0.25, 0.3) is 0 Å². The molecule has 18 heavy (non-hydrogen) atoms. The standard InChI is InChI=1S/C14H21N3S/c1-11(2)17-9-14(8-16-17)7-15-12(3)6-13-4-5-18-10-13/h4-5,8-12,15H,6-7H2,1-3H3. The normalized spacial score (nSPS) is 13.1. The monoisotopic (exact) mass is 263 g/mol. The average Bonchev–Trinajstić information content (AvgIpc) is 2.96. The van der Waals surface area contributed by atoms with E-state index in [1.54, 1.807) is 11.3 Å². The summed E-state index contributed by atoms with van der Waals surface area (Å²) in [6.07, 6.45) is 5.15. The molecule has 0 bridgehead atoms. The summed E-state index contributed by atoms with van der Waals surface area (Å²) < 4.78 is 2.00. The maximum absolute atomic E-state index is 4.35. The Hall–Kier alpha value is -1.13. The van der Waals surface area contributed by atoms with Crippen molar-refractivity contribution < 1.29 is 0 Å². The van der Waals surface area contributed by atoms with Crippen LogP contribution in [0.15, 0.2) is 29.2 Å². The number of hydrogen-bond acceptors (Lipinski definition) is 3. The number of rotatable bonds is 6. The molecule has 0 aliphatic rings. The van der Waals surface area contributed by atoms with Gasteiger partial charge in [0.1, 0.15) is 0 Å². The Morgan fingerprint density at radius 3 is 2.78 bits per heavy atom. The van der Waals surface area contributed by atoms with Crippen molar-refractivity contribution in [1.82, 2.24) is 15.1 Å². The van der Waals surface area contributed by atoms with Gasteiger partial charge in [-0.2, -0.15) is 16.4 Å². The van der Waals surface area contributed by atoms with Crippen molar-refractivity contribution in [3.63, 3.8) is 0 Å². The minimum Gasteiger partial charge on any atom is -0.310 e. The predicted octanol–water partition coefficient (Wildman–Crippen LogP) is 3.25. The lowest BCUT2D eigenvalue weighted by Gasteiger charge is -2.12. The zero-order valence-electron chi connectivity index (χ0n) is 11.3. The summed E-state index contributed by atoms with van der Waals surface area (Å²) in [6.45, 7) is 7.40. The highest BCUT2D eigenvalue weighted by molar-refractivity contribution is 7.07. The number of thiophene rings is 1. The lowest BCUT2D eigenvalue weighted by atomic mass is 10.1. The van der Waals surface area contributed by atoms with E-state index in [9.17, 15) is 0 Å². The fourth-order valence-corrected chi connectivity index (χ4v) is 2.56. The third-order valence-corrected chi connectivity index (χ3v) is 3.69. The van der Waals surface area contributed by atoms with Gasteiger partial charge in [-0.05, 0) is 49.6 Å². The van der Waals surface area contributed by atoms with Crippen LogP contribution in [-0.4, -0.2) is 15.8 Å². The number of nitrogens with zero attached hydrogens (tertiary/aromatic N) is 2. The van der Waals surface area contributed by atoms with Crippen LogP contribution < -0.4 is 5.32 Å². The quantitative estimate of drug-likeness (QED) is 0.867. The van der Waals surface area contributed by atoms with Crippen LogP contribution in [0.4, 0.5) is 0 Å². The van der Waals surface area contributed by atoms with Gasteiger partial charge in [0, 0.05) is 30.4 Å². The smallest absolute Gasteiger partial charge is 0.0534 e. The van der Waals surface area contributed by atoms with E-state index in [4.69, 9.17) is 0 Å². The van der Waals surface area contributed by atoms with Crippen molar-refractivity contribution in [3.05, 3.63) is 40.3 Å². The van der Waals surface area contributed by atoms with Crippen LogP contribution >= 0.6 is 11.3 Å². The fraction of sp³-hybridized carbons (Fsp3) is 0.500. The summed E-state index contributed by atoms with van der Waals surface area (Å²) in [4.78, 5) is 0. The number of hydrogen-bond donors (Lipinski definition) is 1. The van der Waals surface area contributed by atoms with Gasteiger partial charge in [0.15, 0.2) is 0 Å². The van der Waals surface area contributed by atoms with Crippen molar-refractivity contribution >= 4 is 11.3 Å². The highest BCUT2D eigenvalue weighted by Crippen LogP contribution is 2.09. The summed E-state index contributed by atoms with van der Waals surface area (Å²) in [5, 5.41) is 12.2. The van der Waals surface area contributed by atoms with Crippen molar-refractivity contribution in [2.24, 2.45) is 0 Å². The zero-order chi connectivity index (χ0) is 13.0. The van der Waals surface area contributed by atoms with Gasteiger partial charge in [0.05, 0.1) is 6.20 Å². The predicted molar refractivity (Wildman–Crippen MR) is 76.9 cm³/mol. The van der Waals surface area contributed by atoms with Crippen molar-refractivity contribution in [1.29, 1.82) is 0 Å². The van der Waals surface area contributed by atoms with E-state index in [2.05, 4.69) is 54.2 Å². The molecular formula is C14H21N3S. The highest BCUT2D eigenvalue weighted by atomic mass is 32.1. The second kappa shape index (κ2) is 6.16. The Labute approximate surface area is 113 Å². The second-order valence-corrected chi connectivity index (χ2v) is 5.82. The Balaban J connectivity index is 1.79. The van der Waals surface area contributed by atoms with Crippen LogP contribution in [0.1, 0.15) is 37.9 Å². The highest BCUT2D eigenvalue weighted by Gasteiger charge is 2.05. The van der Waals surface area contributed by atoms with E-state index in [1.165, 1.54) is 11.1 Å². The van der Waals surface area contributed by atoms with Crippen molar-refractivity contribution in [2.75, 3.05) is 0 Å². The Kier molecular flexibility index (Phi) is 4.55. The molecule has 2 aromatic rings. The molecule has 0 saturated heterocycles. The van der Waals surface area contributed by atoms with Crippen molar-refractivity contribution in [2.45, 2.75) is 45.8 Å². The van der Waals surface area contributed by atoms with Crippen LogP contribution in [0.25, 0.3) is 0 Å². The summed E-state index contributed by atoms with van der Waals surface area (Å²) in [5.41, 5.74) is 2.67. The van der Waals surface area contributed by atoms with Crippen molar-refractivity contribution in [3.8, 4) is 0 Å². The molecule has 2 aromatic heterocycles. The van der Waals surface area contributed by atoms with E-state index in [0.29, 0.717) is 12.1 Å². The topological polar surface area (TPSA) is 29.9 Å². The molecule has 98 valence electrons. The molecule has 0 aliphatic carbocycles. The van der Waals surface area contributed by atoms with Crippen LogP contribution in [0.5, 0.6) is 0 Å². The van der Waals surface area contributed by atoms with Crippen LogP contribution in [0, 0.1) is 0 Å². The van der Waals surface area contributed by atoms with Crippen LogP contribution in [-0.2, 0) is 13.0 Å². The maximum atomic E-state index is 4.35. The largest absolute Gasteiger partial charge is 0.310 e. The first-order chi connectivity index (χ1) is 8.65. The van der Waals surface area contributed by atoms with Gasteiger partial charge < -0.3 is 5.32 Å². The first kappa shape index (κ1) is 13.3. The molecule has 0 amide bonds. The van der Waals surface area contributed by atoms with Gasteiger partial charge in [-0.1, -0.05) is 0 Å². The van der Waals surface area contributed by atoms with E-state index in [1.807, 2.05) is 10.9 Å². The molecule has 0 spiro atoms. The summed E-state index contributed by atoms with van der Waals surface area (Å²) in [6, 6.07) is 3.11. The molecule has 1 atom stereocenters. The maximum Gasteiger partial charge on any atom is 0.0534 e. The van der Waals surface area contributed by atoms with Gasteiger partial charge in [-0.3, -0.25) is 4.68 Å². The summed E-state index contributed by atoms with van der Waals surface area (Å²) >= 11 is 1.76. The van der Waals surface area contributed by atoms with Gasteiger partial charge in [-0.25, -0.2) is 0 Å². The minimum absolute atomic E-state index is 0.432. The molecule has 0 fully saturated rings. The first-order valence-corrected chi connectivity index (χ1v) is 7.37. The Morgan fingerprint density at radius 2 is 2.17 bits per heavy atom. The lowest BCUT2D eigenvalue weighted by molar-refractivity contribution is 0.528. The second-order valence-electron chi connectivity index (χ2n) is 5.04. The SMILES string of the molecule is CC(Cc1ccsc1)NCc1cnn(C(C)C)c1. The fourth-order valence-electron chi connectivity index (χ4n) is 1.88. The molecule has 2 heterocycles. The molecular weight excluding hydrogens is 242 g/mol. The summed E-state index contributed by atoms with van der Waals surface area (Å²) in [7, 11) is 0. The van der Waals surface area contributed by atoms with E-state index in [-0.39, 0.29) is 0 Å². The number of nitrogens with one attached hydrogen (secondary N) is 1. The van der Waals surface area contributed by atoms with E-state index in [0.717, 1.165) is 13.0 Å². The van der Waals surface area contributed by atoms with E-state index >= 15 is 0 Å². The molecule has 1 unspecified atom stereocenters. The molecule has 1 N–H and O–H groups in total. The van der Waals surface area contributed by atoms with Gasteiger partial charge in [-0.15, -0.1) is 0 Å². The molecule has 0 saturated carbocycles. The van der Waals surface area contributed by atoms with Gasteiger partial charge >= 0.3 is 0 Å². The molecule has 0 aromatic carbocycles. The Bertz CT molecular complexity index is 459. The molecule has 3 nitrogen and oxygen atoms in total. The molecule has 0 radical (unpaired) electrons. The van der Waals surface area contributed by atoms with Crippen LogP contribution in [0.3, 0.4) is 0 Å². The molecule has 4 heteroatoms. The average molecular weight is 263 g/mol. The van der Waals surface area contributed by atoms with Crippen LogP contribution in [0.2, 0.25) is 0 Å². The first-order valence-electron chi connectivity index (χ1n) is 6.42. The third kappa shape index (κ3) is 3.68. The molecule has 0 aliphatic heterocycles. The third-order valence-electron chi connectivity index (χ3n) is 2.96. The van der Waals surface area contributed by atoms with Gasteiger partial charge in [0.2, 0.25) is 0 Å². The minimum atomic E-state index is 0.432. The zero-order valence-corrected chi connectivity index (χ0v) is 12.1. The van der Waals surface area contributed by atoms with E-state index < -0.39 is 0 Å². The number of aromatic nitrogens is 2. The Morgan fingerprint density at radius 1 is 1.33 bits per heavy atom. The lowest BCUT2D eigenvalue weighted by Crippen LogP contribution is -2.27. The summed E-state index contributed by atoms with van der Waals surface area (Å²) in [5.74, 6) is 0. The molecule has 2 rings (SSSR count).